The van der Waals surface area contributed by atoms with Crippen molar-refractivity contribution in [3.05, 3.63) is 35.9 Å². The molecule has 0 saturated heterocycles. The zero-order valence-electron chi connectivity index (χ0n) is 15.5. The largest absolute Gasteiger partial charge is 0.481 e. The number of rotatable bonds is 12. The Kier molecular flexibility index (Phi) is 10.0. The topological polar surface area (TPSA) is 159 Å². The number of thioether (sulfide) groups is 1. The molecule has 0 aliphatic rings. The number of aliphatic carboxylic acids is 2. The van der Waals surface area contributed by atoms with E-state index in [2.05, 4.69) is 10.6 Å². The molecule has 2 amide bonds. The zero-order valence-corrected chi connectivity index (χ0v) is 16.3. The fraction of sp³-hybridized carbons (Fsp3) is 0.444. The first-order valence-electron chi connectivity index (χ1n) is 8.58. The molecule has 6 N–H and O–H groups in total. The quantitative estimate of drug-likeness (QED) is 0.317. The van der Waals surface area contributed by atoms with Gasteiger partial charge in [-0.25, -0.2) is 4.79 Å². The fourth-order valence-corrected chi connectivity index (χ4v) is 2.86. The number of nitrogens with two attached hydrogens (primary N) is 1. The summed E-state index contributed by atoms with van der Waals surface area (Å²) in [6, 6.07) is 5.33. The van der Waals surface area contributed by atoms with Crippen LogP contribution in [0.2, 0.25) is 0 Å². The van der Waals surface area contributed by atoms with Crippen LogP contribution in [-0.2, 0) is 25.6 Å². The molecule has 0 fully saturated rings. The predicted octanol–water partition coefficient (Wildman–Crippen LogP) is -0.162. The van der Waals surface area contributed by atoms with Crippen molar-refractivity contribution in [1.29, 1.82) is 0 Å². The summed E-state index contributed by atoms with van der Waals surface area (Å²) in [6.45, 7) is 0. The zero-order chi connectivity index (χ0) is 21.1. The first-order chi connectivity index (χ1) is 13.2. The van der Waals surface area contributed by atoms with Gasteiger partial charge in [0.05, 0.1) is 12.5 Å². The number of hydrogen-bond donors (Lipinski definition) is 5. The summed E-state index contributed by atoms with van der Waals surface area (Å²) >= 11 is 1.45. The number of benzene rings is 1. The second kappa shape index (κ2) is 12.0. The number of carboxylic acids is 2. The molecule has 0 spiro atoms. The maximum absolute atomic E-state index is 12.7. The molecule has 3 unspecified atom stereocenters. The van der Waals surface area contributed by atoms with E-state index in [4.69, 9.17) is 10.8 Å². The molecule has 0 saturated carbocycles. The summed E-state index contributed by atoms with van der Waals surface area (Å²) in [4.78, 5) is 46.9. The third-order valence-corrected chi connectivity index (χ3v) is 4.52. The van der Waals surface area contributed by atoms with E-state index < -0.39 is 48.3 Å². The Balaban J connectivity index is 2.91. The highest BCUT2D eigenvalue weighted by molar-refractivity contribution is 7.98. The van der Waals surface area contributed by atoms with E-state index in [1.165, 1.54) is 11.8 Å². The van der Waals surface area contributed by atoms with Crippen LogP contribution in [0.15, 0.2) is 30.3 Å². The first kappa shape index (κ1) is 23.4. The lowest BCUT2D eigenvalue weighted by Gasteiger charge is -2.22. The Hall–Kier alpha value is -2.59. The number of nitrogens with one attached hydrogen (secondary N) is 2. The van der Waals surface area contributed by atoms with Crippen LogP contribution in [0.1, 0.15) is 18.4 Å². The number of amides is 2. The van der Waals surface area contributed by atoms with Gasteiger partial charge in [-0.2, -0.15) is 11.8 Å². The number of carboxylic acid groups (broad SMARTS) is 2. The molecule has 0 bridgehead atoms. The van der Waals surface area contributed by atoms with Gasteiger partial charge in [0, 0.05) is 6.42 Å². The van der Waals surface area contributed by atoms with E-state index in [-0.39, 0.29) is 12.8 Å². The Morgan fingerprint density at radius 2 is 1.64 bits per heavy atom. The van der Waals surface area contributed by atoms with Crippen LogP contribution in [-0.4, -0.2) is 64.1 Å². The van der Waals surface area contributed by atoms with Crippen molar-refractivity contribution in [3.63, 3.8) is 0 Å². The highest BCUT2D eigenvalue weighted by Crippen LogP contribution is 2.06. The summed E-state index contributed by atoms with van der Waals surface area (Å²) in [5, 5.41) is 22.9. The van der Waals surface area contributed by atoms with Crippen molar-refractivity contribution >= 4 is 35.5 Å². The number of hydrogen-bond acceptors (Lipinski definition) is 6. The standard InChI is InChI=1S/C18H25N3O6S/c1-28-8-7-13(18(26)27)20-17(25)14(9-11-5-3-2-4-6-11)21-16(24)12(19)10-15(22)23/h2-6,12-14H,7-10,19H2,1H3,(H,20,25)(H,21,24)(H,22,23)(H,26,27). The van der Waals surface area contributed by atoms with Gasteiger partial charge in [-0.05, 0) is 24.0 Å². The molecule has 10 heteroatoms. The molecule has 1 aromatic rings. The molecule has 0 heterocycles. The average molecular weight is 411 g/mol. The molecule has 1 rings (SSSR count). The van der Waals surface area contributed by atoms with Crippen LogP contribution in [0, 0.1) is 0 Å². The highest BCUT2D eigenvalue weighted by atomic mass is 32.2. The summed E-state index contributed by atoms with van der Waals surface area (Å²) < 4.78 is 0. The SMILES string of the molecule is CSCCC(NC(=O)C(Cc1ccccc1)NC(=O)C(N)CC(=O)O)C(=O)O. The molecular weight excluding hydrogens is 386 g/mol. The molecule has 0 radical (unpaired) electrons. The first-order valence-corrected chi connectivity index (χ1v) is 9.97. The second-order valence-electron chi connectivity index (χ2n) is 6.14. The van der Waals surface area contributed by atoms with Gasteiger partial charge in [-0.15, -0.1) is 0 Å². The molecule has 0 aromatic heterocycles. The number of carbonyl (C=O) groups excluding carboxylic acids is 2. The van der Waals surface area contributed by atoms with Crippen molar-refractivity contribution in [2.75, 3.05) is 12.0 Å². The van der Waals surface area contributed by atoms with Gasteiger partial charge in [-0.1, -0.05) is 30.3 Å². The summed E-state index contributed by atoms with van der Waals surface area (Å²) in [6.07, 6.45) is 1.57. The fourth-order valence-electron chi connectivity index (χ4n) is 2.38. The van der Waals surface area contributed by atoms with Crippen molar-refractivity contribution in [3.8, 4) is 0 Å². The lowest BCUT2D eigenvalue weighted by atomic mass is 10.0. The summed E-state index contributed by atoms with van der Waals surface area (Å²) in [7, 11) is 0. The second-order valence-corrected chi connectivity index (χ2v) is 7.12. The summed E-state index contributed by atoms with van der Waals surface area (Å²) in [5.74, 6) is -3.34. The number of carbonyl (C=O) groups is 4. The maximum Gasteiger partial charge on any atom is 0.326 e. The lowest BCUT2D eigenvalue weighted by molar-refractivity contribution is -0.142. The van der Waals surface area contributed by atoms with Crippen LogP contribution in [0.4, 0.5) is 0 Å². The van der Waals surface area contributed by atoms with E-state index in [1.807, 2.05) is 6.26 Å². The minimum absolute atomic E-state index is 0.104. The van der Waals surface area contributed by atoms with Crippen LogP contribution >= 0.6 is 11.8 Å². The Morgan fingerprint density at radius 3 is 2.18 bits per heavy atom. The van der Waals surface area contributed by atoms with Gasteiger partial charge in [0.2, 0.25) is 11.8 Å². The Morgan fingerprint density at radius 1 is 1.04 bits per heavy atom. The van der Waals surface area contributed by atoms with Crippen LogP contribution in [0.3, 0.4) is 0 Å². The van der Waals surface area contributed by atoms with Crippen LogP contribution < -0.4 is 16.4 Å². The Bertz CT molecular complexity index is 685. The van der Waals surface area contributed by atoms with Crippen molar-refractivity contribution in [2.24, 2.45) is 5.73 Å². The van der Waals surface area contributed by atoms with E-state index in [1.54, 1.807) is 30.3 Å². The molecular formula is C18H25N3O6S. The Labute approximate surface area is 167 Å². The van der Waals surface area contributed by atoms with Crippen molar-refractivity contribution in [1.82, 2.24) is 10.6 Å². The van der Waals surface area contributed by atoms with Gasteiger partial charge in [0.1, 0.15) is 12.1 Å². The van der Waals surface area contributed by atoms with E-state index in [0.29, 0.717) is 5.75 Å². The van der Waals surface area contributed by atoms with Gasteiger partial charge in [0.25, 0.3) is 0 Å². The van der Waals surface area contributed by atoms with Gasteiger partial charge >= 0.3 is 11.9 Å². The van der Waals surface area contributed by atoms with E-state index in [0.717, 1.165) is 5.56 Å². The molecule has 1 aromatic carbocycles. The van der Waals surface area contributed by atoms with E-state index in [9.17, 15) is 24.3 Å². The minimum atomic E-state index is -1.32. The molecule has 28 heavy (non-hydrogen) atoms. The molecule has 0 aliphatic carbocycles. The predicted molar refractivity (Wildman–Crippen MR) is 105 cm³/mol. The van der Waals surface area contributed by atoms with Crippen LogP contribution in [0.5, 0.6) is 0 Å². The molecule has 154 valence electrons. The molecule has 3 atom stereocenters. The monoisotopic (exact) mass is 411 g/mol. The van der Waals surface area contributed by atoms with E-state index >= 15 is 0 Å². The van der Waals surface area contributed by atoms with Gasteiger partial charge < -0.3 is 26.6 Å². The molecule has 9 nitrogen and oxygen atoms in total. The lowest BCUT2D eigenvalue weighted by Crippen LogP contribution is -2.55. The normalized spacial score (nSPS) is 13.8. The van der Waals surface area contributed by atoms with Gasteiger partial charge in [0.15, 0.2) is 0 Å². The van der Waals surface area contributed by atoms with Gasteiger partial charge in [-0.3, -0.25) is 14.4 Å². The van der Waals surface area contributed by atoms with Crippen LogP contribution in [0.25, 0.3) is 0 Å². The smallest absolute Gasteiger partial charge is 0.326 e. The summed E-state index contributed by atoms with van der Waals surface area (Å²) in [5.41, 5.74) is 6.30. The third-order valence-electron chi connectivity index (χ3n) is 3.87. The van der Waals surface area contributed by atoms with Crippen molar-refractivity contribution in [2.45, 2.75) is 37.4 Å². The highest BCUT2D eigenvalue weighted by Gasteiger charge is 2.28. The molecule has 0 aliphatic heterocycles. The average Bonchev–Trinajstić information content (AvgIpc) is 2.64. The van der Waals surface area contributed by atoms with Crippen molar-refractivity contribution < 1.29 is 29.4 Å². The third kappa shape index (κ3) is 8.40. The minimum Gasteiger partial charge on any atom is -0.481 e. The maximum atomic E-state index is 12.7.